The largest absolute Gasteiger partial charge is 0.335 e. The van der Waals surface area contributed by atoms with Crippen molar-refractivity contribution in [2.75, 3.05) is 39.3 Å². The number of hydrogen-bond donors (Lipinski definition) is 0. The zero-order chi connectivity index (χ0) is 23.4. The fourth-order valence-electron chi connectivity index (χ4n) is 4.40. The molecule has 2 aliphatic heterocycles. The number of hydrogen-bond acceptors (Lipinski definition) is 4. The van der Waals surface area contributed by atoms with Crippen LogP contribution in [0.5, 0.6) is 0 Å². The molecular weight excluding hydrogens is 438 g/mol. The lowest BCUT2D eigenvalue weighted by molar-refractivity contribution is 0.0535. The van der Waals surface area contributed by atoms with Crippen molar-refractivity contribution in [3.05, 3.63) is 65.2 Å². The van der Waals surface area contributed by atoms with Gasteiger partial charge in [0.15, 0.2) is 0 Å². The van der Waals surface area contributed by atoms with E-state index in [1.807, 2.05) is 24.3 Å². The molecule has 0 radical (unpaired) electrons. The number of amides is 2. The van der Waals surface area contributed by atoms with Crippen LogP contribution in [0.25, 0.3) is 0 Å². The molecule has 2 aliphatic rings. The molecule has 2 heterocycles. The van der Waals surface area contributed by atoms with Gasteiger partial charge in [-0.15, -0.1) is 0 Å². The smallest absolute Gasteiger partial charge is 0.254 e. The fraction of sp³-hybridized carbons (Fsp3) is 0.440. The summed E-state index contributed by atoms with van der Waals surface area (Å²) in [5.41, 5.74) is 2.21. The first-order chi connectivity index (χ1) is 15.9. The van der Waals surface area contributed by atoms with Gasteiger partial charge in [-0.1, -0.05) is 31.5 Å². The van der Waals surface area contributed by atoms with E-state index in [2.05, 4.69) is 6.92 Å². The summed E-state index contributed by atoms with van der Waals surface area (Å²) in [5, 5.41) is 0. The highest BCUT2D eigenvalue weighted by Crippen LogP contribution is 2.22. The average Bonchev–Trinajstić information content (AvgIpc) is 2.88. The third kappa shape index (κ3) is 5.12. The van der Waals surface area contributed by atoms with E-state index in [0.717, 1.165) is 25.7 Å². The number of sulfonamides is 1. The maximum absolute atomic E-state index is 13.1. The minimum absolute atomic E-state index is 0.0284. The summed E-state index contributed by atoms with van der Waals surface area (Å²) in [7, 11) is -3.59. The Morgan fingerprint density at radius 2 is 1.33 bits per heavy atom. The normalized spacial score (nSPS) is 17.7. The third-order valence-corrected chi connectivity index (χ3v) is 8.39. The summed E-state index contributed by atoms with van der Waals surface area (Å²) in [6.45, 7) is 4.86. The zero-order valence-electron chi connectivity index (χ0n) is 19.1. The van der Waals surface area contributed by atoms with Gasteiger partial charge in [0, 0.05) is 50.4 Å². The molecule has 0 bridgehead atoms. The van der Waals surface area contributed by atoms with Crippen molar-refractivity contribution in [2.45, 2.75) is 37.5 Å². The van der Waals surface area contributed by atoms with Crippen molar-refractivity contribution in [1.82, 2.24) is 14.1 Å². The Morgan fingerprint density at radius 1 is 0.758 bits per heavy atom. The Kier molecular flexibility index (Phi) is 7.14. The van der Waals surface area contributed by atoms with Gasteiger partial charge in [-0.2, -0.15) is 4.31 Å². The number of aryl methyl sites for hydroxylation is 1. The van der Waals surface area contributed by atoms with Crippen LogP contribution in [0, 0.1) is 0 Å². The second kappa shape index (κ2) is 10.1. The SMILES string of the molecule is CCc1ccc(C(=O)N2CCN(C(=O)c3cccc(S(=O)(=O)N4CCCCC4)c3)CC2)cc1. The molecule has 33 heavy (non-hydrogen) atoms. The Balaban J connectivity index is 1.40. The summed E-state index contributed by atoms with van der Waals surface area (Å²) in [6, 6.07) is 14.0. The van der Waals surface area contributed by atoms with Crippen molar-refractivity contribution >= 4 is 21.8 Å². The first-order valence-electron chi connectivity index (χ1n) is 11.7. The maximum atomic E-state index is 13.1. The molecule has 0 saturated carbocycles. The van der Waals surface area contributed by atoms with Gasteiger partial charge in [-0.05, 0) is 55.2 Å². The number of nitrogens with zero attached hydrogens (tertiary/aromatic N) is 3. The number of carbonyl (C=O) groups is 2. The quantitative estimate of drug-likeness (QED) is 0.674. The number of piperazine rings is 1. The van der Waals surface area contributed by atoms with Crippen LogP contribution in [0.1, 0.15) is 52.5 Å². The molecule has 176 valence electrons. The van der Waals surface area contributed by atoms with Gasteiger partial charge >= 0.3 is 0 Å². The van der Waals surface area contributed by atoms with Gasteiger partial charge in [-0.25, -0.2) is 8.42 Å². The van der Waals surface area contributed by atoms with E-state index in [1.165, 1.54) is 15.9 Å². The Morgan fingerprint density at radius 3 is 1.91 bits per heavy atom. The molecule has 7 nitrogen and oxygen atoms in total. The molecular formula is C25H31N3O4S. The van der Waals surface area contributed by atoms with Gasteiger partial charge < -0.3 is 9.80 Å². The van der Waals surface area contributed by atoms with Crippen molar-refractivity contribution in [3.63, 3.8) is 0 Å². The number of rotatable bonds is 5. The van der Waals surface area contributed by atoms with E-state index in [4.69, 9.17) is 0 Å². The minimum atomic E-state index is -3.59. The van der Waals surface area contributed by atoms with Gasteiger partial charge in [0.1, 0.15) is 0 Å². The van der Waals surface area contributed by atoms with Crippen molar-refractivity contribution < 1.29 is 18.0 Å². The average molecular weight is 470 g/mol. The molecule has 0 aromatic heterocycles. The third-order valence-electron chi connectivity index (χ3n) is 6.50. The first-order valence-corrected chi connectivity index (χ1v) is 13.1. The van der Waals surface area contributed by atoms with Crippen LogP contribution in [0.4, 0.5) is 0 Å². The number of carbonyl (C=O) groups excluding carboxylic acids is 2. The van der Waals surface area contributed by atoms with Crippen LogP contribution in [-0.4, -0.2) is 73.6 Å². The lowest BCUT2D eigenvalue weighted by Crippen LogP contribution is -2.50. The van der Waals surface area contributed by atoms with Crippen LogP contribution in [-0.2, 0) is 16.4 Å². The second-order valence-corrected chi connectivity index (χ2v) is 10.6. The highest BCUT2D eigenvalue weighted by Gasteiger charge is 2.29. The van der Waals surface area contributed by atoms with Gasteiger partial charge in [0.25, 0.3) is 11.8 Å². The predicted octanol–water partition coefficient (Wildman–Crippen LogP) is 3.02. The molecule has 2 saturated heterocycles. The van der Waals surface area contributed by atoms with Crippen LogP contribution >= 0.6 is 0 Å². The zero-order valence-corrected chi connectivity index (χ0v) is 19.9. The van der Waals surface area contributed by atoms with Gasteiger partial charge in [0.05, 0.1) is 4.90 Å². The molecule has 0 spiro atoms. The lowest BCUT2D eigenvalue weighted by Gasteiger charge is -2.35. The van der Waals surface area contributed by atoms with Crippen LogP contribution in [0.2, 0.25) is 0 Å². The molecule has 2 aromatic rings. The number of benzene rings is 2. The molecule has 0 unspecified atom stereocenters. The summed E-state index contributed by atoms with van der Waals surface area (Å²) in [4.78, 5) is 29.5. The van der Waals surface area contributed by atoms with E-state index in [-0.39, 0.29) is 16.7 Å². The van der Waals surface area contributed by atoms with E-state index in [9.17, 15) is 18.0 Å². The molecule has 2 amide bonds. The summed E-state index contributed by atoms with van der Waals surface area (Å²) < 4.78 is 27.5. The molecule has 0 atom stereocenters. The Hall–Kier alpha value is -2.71. The van der Waals surface area contributed by atoms with Crippen molar-refractivity contribution in [2.24, 2.45) is 0 Å². The molecule has 2 aromatic carbocycles. The van der Waals surface area contributed by atoms with Crippen molar-refractivity contribution in [3.8, 4) is 0 Å². The van der Waals surface area contributed by atoms with E-state index in [0.29, 0.717) is 50.4 Å². The monoisotopic (exact) mass is 469 g/mol. The van der Waals surface area contributed by atoms with Gasteiger partial charge in [-0.3, -0.25) is 9.59 Å². The predicted molar refractivity (Wildman–Crippen MR) is 127 cm³/mol. The molecule has 0 aliphatic carbocycles. The van der Waals surface area contributed by atoms with E-state index >= 15 is 0 Å². The van der Waals surface area contributed by atoms with E-state index < -0.39 is 10.0 Å². The first kappa shape index (κ1) is 23.4. The maximum Gasteiger partial charge on any atom is 0.254 e. The van der Waals surface area contributed by atoms with Gasteiger partial charge in [0.2, 0.25) is 10.0 Å². The standard InChI is InChI=1S/C25H31N3O4S/c1-2-20-9-11-21(12-10-20)24(29)26-15-17-27(18-16-26)25(30)22-7-6-8-23(19-22)33(31,32)28-13-4-3-5-14-28/h6-12,19H,2-5,13-18H2,1H3. The van der Waals surface area contributed by atoms with Crippen LogP contribution in [0.3, 0.4) is 0 Å². The van der Waals surface area contributed by atoms with Crippen LogP contribution < -0.4 is 0 Å². The minimum Gasteiger partial charge on any atom is -0.335 e. The number of piperidine rings is 1. The fourth-order valence-corrected chi connectivity index (χ4v) is 5.97. The summed E-state index contributed by atoms with van der Waals surface area (Å²) in [6.07, 6.45) is 3.70. The van der Waals surface area contributed by atoms with Crippen molar-refractivity contribution in [1.29, 1.82) is 0 Å². The lowest BCUT2D eigenvalue weighted by atomic mass is 10.1. The molecule has 2 fully saturated rings. The second-order valence-electron chi connectivity index (χ2n) is 8.63. The molecule has 8 heteroatoms. The topological polar surface area (TPSA) is 78.0 Å². The Labute approximate surface area is 196 Å². The molecule has 4 rings (SSSR count). The summed E-state index contributed by atoms with van der Waals surface area (Å²) in [5.74, 6) is -0.232. The Bertz CT molecular complexity index is 1100. The van der Waals surface area contributed by atoms with Crippen LogP contribution in [0.15, 0.2) is 53.4 Å². The summed E-state index contributed by atoms with van der Waals surface area (Å²) >= 11 is 0. The highest BCUT2D eigenvalue weighted by molar-refractivity contribution is 7.89. The highest BCUT2D eigenvalue weighted by atomic mass is 32.2. The van der Waals surface area contributed by atoms with E-state index in [1.54, 1.807) is 28.0 Å². The molecule has 0 N–H and O–H groups in total.